The number of hydrogen-bond donors (Lipinski definition) is 1. The van der Waals surface area contributed by atoms with Crippen LogP contribution in [0, 0.1) is 10.1 Å². The number of H-pyrrole nitrogens is 1. The zero-order chi connectivity index (χ0) is 16.7. The van der Waals surface area contributed by atoms with Crippen LogP contribution in [0.5, 0.6) is 0 Å². The van der Waals surface area contributed by atoms with E-state index < -0.39 is 4.92 Å². The number of imidazole rings is 2. The van der Waals surface area contributed by atoms with Gasteiger partial charge in [0.15, 0.2) is 0 Å². The molecule has 0 bridgehead atoms. The van der Waals surface area contributed by atoms with Gasteiger partial charge in [0.2, 0.25) is 0 Å². The number of rotatable bonds is 4. The molecule has 2 aromatic heterocycles. The van der Waals surface area contributed by atoms with Crippen molar-refractivity contribution in [2.75, 3.05) is 0 Å². The summed E-state index contributed by atoms with van der Waals surface area (Å²) in [4.78, 5) is 13.8. The minimum atomic E-state index is -0.394. The van der Waals surface area contributed by atoms with Gasteiger partial charge in [-0.05, 0) is 24.3 Å². The van der Waals surface area contributed by atoms with Crippen LogP contribution < -0.4 is 4.57 Å². The smallest absolute Gasteiger partial charge is 0.258 e. The summed E-state index contributed by atoms with van der Waals surface area (Å²) in [6, 6.07) is 14.7. The highest BCUT2D eigenvalue weighted by molar-refractivity contribution is 5.76. The number of para-hydroxylation sites is 2. The number of aromatic amines is 1. The molecule has 0 aliphatic carbocycles. The molecule has 24 heavy (non-hydrogen) atoms. The molecular formula is C18H15N4O2+. The molecule has 4 rings (SSSR count). The third-order valence-corrected chi connectivity index (χ3v) is 4.12. The molecule has 2 aromatic carbocycles. The van der Waals surface area contributed by atoms with Crippen LogP contribution in [-0.2, 0) is 6.54 Å². The number of aromatic nitrogens is 3. The third kappa shape index (κ3) is 2.08. The zero-order valence-corrected chi connectivity index (χ0v) is 12.8. The maximum atomic E-state index is 10.8. The summed E-state index contributed by atoms with van der Waals surface area (Å²) in [5.41, 5.74) is 4.11. The maximum absolute atomic E-state index is 10.8. The van der Waals surface area contributed by atoms with Crippen molar-refractivity contribution in [1.82, 2.24) is 9.38 Å². The molecular weight excluding hydrogens is 304 g/mol. The molecule has 0 unspecified atom stereocenters. The van der Waals surface area contributed by atoms with Crippen LogP contribution in [0.15, 0.2) is 67.4 Å². The molecule has 0 aliphatic heterocycles. The number of nitro groups is 1. The van der Waals surface area contributed by atoms with E-state index in [-0.39, 0.29) is 5.69 Å². The molecule has 4 aromatic rings. The largest absolute Gasteiger partial charge is 0.368 e. The van der Waals surface area contributed by atoms with Crippen molar-refractivity contribution in [2.24, 2.45) is 0 Å². The molecule has 0 fully saturated rings. The van der Waals surface area contributed by atoms with Crippen LogP contribution in [0.1, 0.15) is 0 Å². The van der Waals surface area contributed by atoms with Crippen LogP contribution >= 0.6 is 0 Å². The van der Waals surface area contributed by atoms with E-state index in [2.05, 4.69) is 32.7 Å². The Kier molecular flexibility index (Phi) is 3.16. The lowest BCUT2D eigenvalue weighted by Gasteiger charge is -1.96. The Balaban J connectivity index is 1.90. The summed E-state index contributed by atoms with van der Waals surface area (Å²) in [6.07, 6.45) is 3.87. The minimum absolute atomic E-state index is 0.0872. The normalized spacial score (nSPS) is 11.2. The summed E-state index contributed by atoms with van der Waals surface area (Å²) in [6.45, 7) is 4.52. The first-order valence-electron chi connectivity index (χ1n) is 7.56. The molecule has 0 saturated heterocycles. The SMILES string of the molecule is C=CC[n+]1c2ccccc2n2cc(-c3ccc([N+](=O)[O-])cc3)[nH]c21. The molecule has 2 heterocycles. The topological polar surface area (TPSA) is 67.2 Å². The average Bonchev–Trinajstić information content (AvgIpc) is 3.15. The predicted molar refractivity (Wildman–Crippen MR) is 91.7 cm³/mol. The summed E-state index contributed by atoms with van der Waals surface area (Å²) in [5, 5.41) is 10.8. The van der Waals surface area contributed by atoms with Gasteiger partial charge in [-0.1, -0.05) is 24.8 Å². The predicted octanol–water partition coefficient (Wildman–Crippen LogP) is 3.47. The highest BCUT2D eigenvalue weighted by Gasteiger charge is 2.20. The Labute approximate surface area is 137 Å². The number of benzene rings is 2. The Morgan fingerprint density at radius 2 is 1.96 bits per heavy atom. The van der Waals surface area contributed by atoms with Crippen molar-refractivity contribution in [3.63, 3.8) is 0 Å². The van der Waals surface area contributed by atoms with Gasteiger partial charge in [-0.3, -0.25) is 10.1 Å². The van der Waals surface area contributed by atoms with E-state index in [0.29, 0.717) is 6.54 Å². The minimum Gasteiger partial charge on any atom is -0.258 e. The van der Waals surface area contributed by atoms with Gasteiger partial charge in [-0.15, -0.1) is 0 Å². The highest BCUT2D eigenvalue weighted by Crippen LogP contribution is 2.24. The monoisotopic (exact) mass is 319 g/mol. The van der Waals surface area contributed by atoms with E-state index in [1.54, 1.807) is 12.1 Å². The molecule has 6 heteroatoms. The van der Waals surface area contributed by atoms with E-state index in [1.807, 2.05) is 24.4 Å². The molecule has 6 nitrogen and oxygen atoms in total. The number of nitrogens with zero attached hydrogens (tertiary/aromatic N) is 3. The summed E-state index contributed by atoms with van der Waals surface area (Å²) in [7, 11) is 0. The molecule has 0 radical (unpaired) electrons. The second-order valence-corrected chi connectivity index (χ2v) is 5.55. The Morgan fingerprint density at radius 1 is 1.21 bits per heavy atom. The van der Waals surface area contributed by atoms with Crippen LogP contribution in [0.4, 0.5) is 5.69 Å². The maximum Gasteiger partial charge on any atom is 0.368 e. The molecule has 0 atom stereocenters. The fourth-order valence-corrected chi connectivity index (χ4v) is 3.02. The van der Waals surface area contributed by atoms with E-state index in [0.717, 1.165) is 28.1 Å². The lowest BCUT2D eigenvalue weighted by molar-refractivity contribution is -0.636. The zero-order valence-electron chi connectivity index (χ0n) is 12.8. The first-order chi connectivity index (χ1) is 11.7. The molecule has 0 saturated carbocycles. The lowest BCUT2D eigenvalue weighted by atomic mass is 10.1. The van der Waals surface area contributed by atoms with E-state index in [9.17, 15) is 10.1 Å². The number of nitrogens with one attached hydrogen (secondary N) is 1. The number of hydrogen-bond acceptors (Lipinski definition) is 2. The molecule has 0 spiro atoms. The van der Waals surface area contributed by atoms with Crippen molar-refractivity contribution >= 4 is 22.5 Å². The second-order valence-electron chi connectivity index (χ2n) is 5.55. The van der Waals surface area contributed by atoms with Gasteiger partial charge in [0.1, 0.15) is 22.9 Å². The van der Waals surface area contributed by atoms with Gasteiger partial charge in [0.25, 0.3) is 5.69 Å². The van der Waals surface area contributed by atoms with Crippen molar-refractivity contribution in [3.8, 4) is 11.3 Å². The number of fused-ring (bicyclic) bond motifs is 3. The second kappa shape index (κ2) is 5.34. The Bertz CT molecular complexity index is 1070. The Morgan fingerprint density at radius 3 is 2.67 bits per heavy atom. The number of non-ortho nitro benzene ring substituents is 1. The number of nitro benzene ring substituents is 1. The lowest BCUT2D eigenvalue weighted by Crippen LogP contribution is -2.32. The van der Waals surface area contributed by atoms with Gasteiger partial charge in [0.05, 0.1) is 11.5 Å². The van der Waals surface area contributed by atoms with Gasteiger partial charge in [0, 0.05) is 17.7 Å². The average molecular weight is 319 g/mol. The highest BCUT2D eigenvalue weighted by atomic mass is 16.6. The summed E-state index contributed by atoms with van der Waals surface area (Å²) < 4.78 is 4.24. The Hall–Kier alpha value is -3.41. The molecule has 0 amide bonds. The third-order valence-electron chi connectivity index (χ3n) is 4.12. The van der Waals surface area contributed by atoms with Crippen LogP contribution in [0.2, 0.25) is 0 Å². The van der Waals surface area contributed by atoms with Crippen molar-refractivity contribution < 1.29 is 9.49 Å². The van der Waals surface area contributed by atoms with Crippen LogP contribution in [-0.4, -0.2) is 14.3 Å². The fraction of sp³-hybridized carbons (Fsp3) is 0.0556. The standard InChI is InChI=1S/C18H14N4O2/c1-2-11-20-16-5-3-4-6-17(16)21-12-15(19-18(20)21)13-7-9-14(10-8-13)22(23)24/h2-10,12H,1,11H2/p+1. The van der Waals surface area contributed by atoms with Gasteiger partial charge >= 0.3 is 5.78 Å². The first-order valence-corrected chi connectivity index (χ1v) is 7.56. The van der Waals surface area contributed by atoms with E-state index >= 15 is 0 Å². The molecule has 0 aliphatic rings. The van der Waals surface area contributed by atoms with Crippen molar-refractivity contribution in [2.45, 2.75) is 6.54 Å². The van der Waals surface area contributed by atoms with Gasteiger partial charge < -0.3 is 0 Å². The first kappa shape index (κ1) is 14.2. The fourth-order valence-electron chi connectivity index (χ4n) is 3.02. The van der Waals surface area contributed by atoms with E-state index in [1.165, 1.54) is 12.1 Å². The van der Waals surface area contributed by atoms with Crippen molar-refractivity contribution in [1.29, 1.82) is 0 Å². The summed E-state index contributed by atoms with van der Waals surface area (Å²) in [5.74, 6) is 0.949. The van der Waals surface area contributed by atoms with Crippen molar-refractivity contribution in [3.05, 3.63) is 77.5 Å². The number of allylic oxidation sites excluding steroid dienone is 1. The van der Waals surface area contributed by atoms with Gasteiger partial charge in [-0.25, -0.2) is 9.55 Å². The quantitative estimate of drug-likeness (QED) is 0.271. The summed E-state index contributed by atoms with van der Waals surface area (Å²) >= 11 is 0. The molecule has 118 valence electrons. The van der Waals surface area contributed by atoms with Crippen LogP contribution in [0.3, 0.4) is 0 Å². The van der Waals surface area contributed by atoms with Gasteiger partial charge in [-0.2, -0.15) is 4.40 Å². The van der Waals surface area contributed by atoms with Crippen LogP contribution in [0.25, 0.3) is 28.1 Å². The molecule has 1 N–H and O–H groups in total. The van der Waals surface area contributed by atoms with E-state index in [4.69, 9.17) is 0 Å².